The number of rotatable bonds is 5. The summed E-state index contributed by atoms with van der Waals surface area (Å²) < 4.78 is 24.5. The zero-order chi connectivity index (χ0) is 14.6. The molecule has 1 unspecified atom stereocenters. The van der Waals surface area contributed by atoms with Gasteiger partial charge < -0.3 is 5.32 Å². The highest BCUT2D eigenvalue weighted by atomic mass is 32.2. The van der Waals surface area contributed by atoms with Gasteiger partial charge in [-0.3, -0.25) is 4.79 Å². The number of amides is 1. The second kappa shape index (κ2) is 6.37. The third-order valence-corrected chi connectivity index (χ3v) is 4.78. The molecule has 1 N–H and O–H groups in total. The van der Waals surface area contributed by atoms with Crippen molar-refractivity contribution >= 4 is 15.9 Å². The van der Waals surface area contributed by atoms with Crippen LogP contribution < -0.4 is 5.32 Å². The van der Waals surface area contributed by atoms with Crippen LogP contribution in [0.3, 0.4) is 0 Å². The predicted octanol–water partition coefficient (Wildman–Crippen LogP) is 0.769. The van der Waals surface area contributed by atoms with E-state index in [1.165, 1.54) is 4.31 Å². The van der Waals surface area contributed by atoms with Crippen molar-refractivity contribution in [3.8, 4) is 0 Å². The van der Waals surface area contributed by atoms with Gasteiger partial charge in [-0.15, -0.1) is 0 Å². The number of nitrogens with one attached hydrogen (secondary N) is 1. The van der Waals surface area contributed by atoms with Crippen LogP contribution in [0, 0.1) is 0 Å². The molecule has 1 atom stereocenters. The lowest BCUT2D eigenvalue weighted by molar-refractivity contribution is -0.124. The van der Waals surface area contributed by atoms with E-state index in [2.05, 4.69) is 5.32 Å². The van der Waals surface area contributed by atoms with E-state index in [-0.39, 0.29) is 5.91 Å². The van der Waals surface area contributed by atoms with Crippen LogP contribution in [-0.4, -0.2) is 44.0 Å². The lowest BCUT2D eigenvalue weighted by Gasteiger charge is -2.21. The molecule has 1 aliphatic rings. The predicted molar refractivity (Wildman–Crippen MR) is 77.7 cm³/mol. The van der Waals surface area contributed by atoms with Crippen molar-refractivity contribution < 1.29 is 13.2 Å². The number of benzene rings is 1. The van der Waals surface area contributed by atoms with Gasteiger partial charge in [-0.25, -0.2) is 8.42 Å². The highest BCUT2D eigenvalue weighted by Crippen LogP contribution is 2.20. The summed E-state index contributed by atoms with van der Waals surface area (Å²) in [5.41, 5.74) is 1.15. The maximum absolute atomic E-state index is 12.1. The normalized spacial score (nSPS) is 19.9. The Labute approximate surface area is 120 Å². The minimum absolute atomic E-state index is 0.191. The third kappa shape index (κ3) is 3.80. The van der Waals surface area contributed by atoms with E-state index >= 15 is 0 Å². The summed E-state index contributed by atoms with van der Waals surface area (Å²) in [6.07, 6.45) is 3.24. The van der Waals surface area contributed by atoms with Crippen molar-refractivity contribution in [2.45, 2.75) is 25.3 Å². The second-order valence-corrected chi connectivity index (χ2v) is 6.99. The van der Waals surface area contributed by atoms with Crippen molar-refractivity contribution in [1.82, 2.24) is 9.62 Å². The molecule has 0 saturated carbocycles. The largest absolute Gasteiger partial charge is 0.354 e. The Morgan fingerprint density at radius 1 is 1.35 bits per heavy atom. The van der Waals surface area contributed by atoms with E-state index in [9.17, 15) is 13.2 Å². The topological polar surface area (TPSA) is 66.5 Å². The number of hydrogen-bond donors (Lipinski definition) is 1. The van der Waals surface area contributed by atoms with Crippen molar-refractivity contribution in [1.29, 1.82) is 0 Å². The van der Waals surface area contributed by atoms with E-state index < -0.39 is 16.1 Å². The lowest BCUT2D eigenvalue weighted by Crippen LogP contribution is -2.45. The minimum Gasteiger partial charge on any atom is -0.354 e. The van der Waals surface area contributed by atoms with Gasteiger partial charge in [0.25, 0.3) is 0 Å². The monoisotopic (exact) mass is 296 g/mol. The van der Waals surface area contributed by atoms with Gasteiger partial charge >= 0.3 is 0 Å². The van der Waals surface area contributed by atoms with E-state index in [0.29, 0.717) is 19.5 Å². The van der Waals surface area contributed by atoms with Gasteiger partial charge in [0.15, 0.2) is 0 Å². The molecular formula is C14H20N2O3S. The van der Waals surface area contributed by atoms with E-state index in [1.54, 1.807) is 0 Å². The SMILES string of the molecule is CS(=O)(=O)N1CCCC1C(=O)NCCc1ccccc1. The van der Waals surface area contributed by atoms with Crippen LogP contribution in [-0.2, 0) is 21.2 Å². The maximum atomic E-state index is 12.1. The first kappa shape index (κ1) is 15.0. The Morgan fingerprint density at radius 2 is 2.05 bits per heavy atom. The second-order valence-electron chi connectivity index (χ2n) is 5.06. The summed E-state index contributed by atoms with van der Waals surface area (Å²) in [5, 5.41) is 2.83. The summed E-state index contributed by atoms with van der Waals surface area (Å²) in [6, 6.07) is 9.33. The Bertz CT molecular complexity index is 557. The molecule has 5 nitrogen and oxygen atoms in total. The standard InChI is InChI=1S/C14H20N2O3S/c1-20(18,19)16-11-5-8-13(16)14(17)15-10-9-12-6-3-2-4-7-12/h2-4,6-7,13H,5,8-11H2,1H3,(H,15,17). The molecule has 0 bridgehead atoms. The summed E-state index contributed by atoms with van der Waals surface area (Å²) in [4.78, 5) is 12.1. The molecule has 1 heterocycles. The number of sulfonamides is 1. The Kier molecular flexibility index (Phi) is 4.77. The quantitative estimate of drug-likeness (QED) is 0.873. The number of carbonyl (C=O) groups is 1. The Morgan fingerprint density at radius 3 is 2.70 bits per heavy atom. The molecule has 1 fully saturated rings. The van der Waals surface area contributed by atoms with Gasteiger partial charge in [0.1, 0.15) is 6.04 Å². The van der Waals surface area contributed by atoms with Crippen LogP contribution in [0.5, 0.6) is 0 Å². The van der Waals surface area contributed by atoms with Gasteiger partial charge in [-0.1, -0.05) is 30.3 Å². The first-order valence-corrected chi connectivity index (χ1v) is 8.62. The average molecular weight is 296 g/mol. The molecule has 1 aromatic carbocycles. The van der Waals surface area contributed by atoms with Crippen LogP contribution in [0.1, 0.15) is 18.4 Å². The van der Waals surface area contributed by atoms with Gasteiger partial charge in [-0.05, 0) is 24.8 Å². The molecule has 0 aromatic heterocycles. The zero-order valence-corrected chi connectivity index (χ0v) is 12.4. The Hall–Kier alpha value is -1.40. The number of hydrogen-bond acceptors (Lipinski definition) is 3. The molecular weight excluding hydrogens is 276 g/mol. The van der Waals surface area contributed by atoms with Crippen molar-refractivity contribution in [3.63, 3.8) is 0 Å². The van der Waals surface area contributed by atoms with E-state index in [4.69, 9.17) is 0 Å². The molecule has 0 radical (unpaired) electrons. The van der Waals surface area contributed by atoms with Gasteiger partial charge in [0, 0.05) is 13.1 Å². The summed E-state index contributed by atoms with van der Waals surface area (Å²) >= 11 is 0. The first-order chi connectivity index (χ1) is 9.48. The van der Waals surface area contributed by atoms with Gasteiger partial charge in [0.2, 0.25) is 15.9 Å². The first-order valence-electron chi connectivity index (χ1n) is 6.77. The average Bonchev–Trinajstić information content (AvgIpc) is 2.89. The fourth-order valence-corrected chi connectivity index (χ4v) is 3.62. The molecule has 1 amide bonds. The van der Waals surface area contributed by atoms with Crippen LogP contribution in [0.25, 0.3) is 0 Å². The van der Waals surface area contributed by atoms with E-state index in [1.807, 2.05) is 30.3 Å². The molecule has 0 aliphatic carbocycles. The minimum atomic E-state index is -3.30. The third-order valence-electron chi connectivity index (χ3n) is 3.49. The summed E-state index contributed by atoms with van der Waals surface area (Å²) in [6.45, 7) is 0.965. The molecule has 20 heavy (non-hydrogen) atoms. The van der Waals surface area contributed by atoms with Gasteiger partial charge in [-0.2, -0.15) is 4.31 Å². The summed E-state index contributed by atoms with van der Waals surface area (Å²) in [7, 11) is -3.30. The fourth-order valence-electron chi connectivity index (χ4n) is 2.49. The molecule has 1 aromatic rings. The number of nitrogens with zero attached hydrogens (tertiary/aromatic N) is 1. The van der Waals surface area contributed by atoms with Crippen LogP contribution in [0.15, 0.2) is 30.3 Å². The molecule has 110 valence electrons. The highest BCUT2D eigenvalue weighted by molar-refractivity contribution is 7.88. The maximum Gasteiger partial charge on any atom is 0.238 e. The zero-order valence-electron chi connectivity index (χ0n) is 11.6. The fraction of sp³-hybridized carbons (Fsp3) is 0.500. The molecule has 0 spiro atoms. The van der Waals surface area contributed by atoms with Crippen LogP contribution in [0.4, 0.5) is 0 Å². The molecule has 1 aliphatic heterocycles. The van der Waals surface area contributed by atoms with Crippen molar-refractivity contribution in [2.75, 3.05) is 19.3 Å². The van der Waals surface area contributed by atoms with Crippen molar-refractivity contribution in [3.05, 3.63) is 35.9 Å². The molecule has 1 saturated heterocycles. The van der Waals surface area contributed by atoms with Crippen molar-refractivity contribution in [2.24, 2.45) is 0 Å². The van der Waals surface area contributed by atoms with Gasteiger partial charge in [0.05, 0.1) is 6.26 Å². The molecule has 2 rings (SSSR count). The smallest absolute Gasteiger partial charge is 0.238 e. The lowest BCUT2D eigenvalue weighted by atomic mass is 10.1. The molecule has 6 heteroatoms. The Balaban J connectivity index is 1.86. The number of carbonyl (C=O) groups excluding carboxylic acids is 1. The highest BCUT2D eigenvalue weighted by Gasteiger charge is 2.36. The van der Waals surface area contributed by atoms with Crippen LogP contribution in [0.2, 0.25) is 0 Å². The van der Waals surface area contributed by atoms with E-state index in [0.717, 1.165) is 24.7 Å². The summed E-state index contributed by atoms with van der Waals surface area (Å²) in [5.74, 6) is -0.191. The van der Waals surface area contributed by atoms with Crippen LogP contribution >= 0.6 is 0 Å².